The Morgan fingerprint density at radius 2 is 1.22 bits per heavy atom. The van der Waals surface area contributed by atoms with Gasteiger partial charge in [-0.2, -0.15) is 0 Å². The van der Waals surface area contributed by atoms with E-state index in [0.717, 1.165) is 22.3 Å². The second-order valence-corrected chi connectivity index (χ2v) is 10.8. The summed E-state index contributed by atoms with van der Waals surface area (Å²) in [4.78, 5) is 39.3. The van der Waals surface area contributed by atoms with Crippen LogP contribution in [-0.4, -0.2) is 30.5 Å². The summed E-state index contributed by atoms with van der Waals surface area (Å²) >= 11 is 0. The fraction of sp³-hybridized carbons (Fsp3) is 0.132. The summed E-state index contributed by atoms with van der Waals surface area (Å²) < 4.78 is 5.36. The van der Waals surface area contributed by atoms with Crippen LogP contribution >= 0.6 is 0 Å². The Kier molecular flexibility index (Phi) is 10.8. The maximum absolute atomic E-state index is 13.4. The Hall–Kier alpha value is -5.89. The van der Waals surface area contributed by atoms with Gasteiger partial charge in [0.15, 0.2) is 0 Å². The number of nitrogen functional groups attached to an aromatic ring is 1. The number of benzene rings is 5. The molecule has 5 aromatic carbocycles. The van der Waals surface area contributed by atoms with Crippen molar-refractivity contribution in [3.8, 4) is 0 Å². The van der Waals surface area contributed by atoms with Crippen molar-refractivity contribution in [2.75, 3.05) is 17.6 Å². The predicted octanol–water partition coefficient (Wildman–Crippen LogP) is 6.31. The zero-order valence-electron chi connectivity index (χ0n) is 25.3. The van der Waals surface area contributed by atoms with Crippen LogP contribution in [0, 0.1) is 0 Å². The molecule has 0 aliphatic heterocycles. The monoisotopic (exact) mass is 612 g/mol. The van der Waals surface area contributed by atoms with Crippen molar-refractivity contribution in [2.45, 2.75) is 25.0 Å². The van der Waals surface area contributed by atoms with Gasteiger partial charge >= 0.3 is 6.09 Å². The van der Waals surface area contributed by atoms with E-state index in [2.05, 4.69) is 16.0 Å². The number of carbonyl (C=O) groups excluding carboxylic acids is 3. The number of alkyl carbamates (subject to hydrolysis) is 1. The smallest absolute Gasteiger partial charge is 0.408 e. The van der Waals surface area contributed by atoms with Crippen LogP contribution in [-0.2, 0) is 22.6 Å². The van der Waals surface area contributed by atoms with E-state index >= 15 is 0 Å². The van der Waals surface area contributed by atoms with Gasteiger partial charge in [-0.05, 0) is 40.5 Å². The molecule has 1 atom stereocenters. The zero-order chi connectivity index (χ0) is 32.1. The van der Waals surface area contributed by atoms with Crippen molar-refractivity contribution in [1.82, 2.24) is 10.6 Å². The molecule has 3 amide bonds. The number of rotatable bonds is 12. The topological polar surface area (TPSA) is 123 Å². The standard InChI is InChI=1S/C38H36N4O4/c39-34-24-31(21-22-32(34)36(43)40-25-33(29-17-9-3-10-18-29)30-19-11-4-12-20-30)41-37(44)35(23-27-13-5-1-6-14-27)42-38(45)46-26-28-15-7-2-8-16-28/h1-22,24,33,35H,23,25-26,39H2,(H,40,43)(H,41,44)(H,42,45)/t35-/m0/s1. The fourth-order valence-electron chi connectivity index (χ4n) is 5.13. The molecule has 0 bridgehead atoms. The molecule has 0 aliphatic rings. The average molecular weight is 613 g/mol. The molecule has 0 aromatic heterocycles. The van der Waals surface area contributed by atoms with E-state index in [1.165, 1.54) is 6.07 Å². The molecule has 0 spiro atoms. The minimum Gasteiger partial charge on any atom is -0.445 e. The number of nitrogens with two attached hydrogens (primary N) is 1. The highest BCUT2D eigenvalue weighted by Gasteiger charge is 2.23. The Morgan fingerprint density at radius 1 is 0.674 bits per heavy atom. The second-order valence-electron chi connectivity index (χ2n) is 10.8. The molecular weight excluding hydrogens is 576 g/mol. The Labute approximate surface area is 268 Å². The van der Waals surface area contributed by atoms with Crippen LogP contribution in [0.1, 0.15) is 38.5 Å². The molecule has 0 unspecified atom stereocenters. The van der Waals surface area contributed by atoms with Gasteiger partial charge in [-0.1, -0.05) is 121 Å². The van der Waals surface area contributed by atoms with Crippen LogP contribution in [0.25, 0.3) is 0 Å². The number of anilines is 2. The molecule has 0 heterocycles. The maximum Gasteiger partial charge on any atom is 0.408 e. The largest absolute Gasteiger partial charge is 0.445 e. The molecule has 8 nitrogen and oxygen atoms in total. The first-order valence-electron chi connectivity index (χ1n) is 15.1. The predicted molar refractivity (Wildman–Crippen MR) is 180 cm³/mol. The lowest BCUT2D eigenvalue weighted by molar-refractivity contribution is -0.118. The molecule has 5 aromatic rings. The van der Waals surface area contributed by atoms with Gasteiger partial charge in [-0.15, -0.1) is 0 Å². The van der Waals surface area contributed by atoms with Gasteiger partial charge in [0, 0.05) is 30.3 Å². The number of carbonyl (C=O) groups is 3. The molecule has 8 heteroatoms. The van der Waals surface area contributed by atoms with Crippen molar-refractivity contribution < 1.29 is 19.1 Å². The van der Waals surface area contributed by atoms with Crippen LogP contribution in [0.15, 0.2) is 140 Å². The van der Waals surface area contributed by atoms with E-state index in [0.29, 0.717) is 17.8 Å². The van der Waals surface area contributed by atoms with E-state index in [-0.39, 0.29) is 30.5 Å². The highest BCUT2D eigenvalue weighted by atomic mass is 16.5. The summed E-state index contributed by atoms with van der Waals surface area (Å²) in [6.45, 7) is 0.446. The SMILES string of the molecule is Nc1cc(NC(=O)[C@H](Cc2ccccc2)NC(=O)OCc2ccccc2)ccc1C(=O)NCC(c1ccccc1)c1ccccc1. The number of ether oxygens (including phenoxy) is 1. The minimum absolute atomic E-state index is 0.0421. The average Bonchev–Trinajstić information content (AvgIpc) is 3.09. The van der Waals surface area contributed by atoms with Gasteiger partial charge in [-0.3, -0.25) is 9.59 Å². The van der Waals surface area contributed by atoms with Crippen LogP contribution < -0.4 is 21.7 Å². The lowest BCUT2D eigenvalue weighted by Gasteiger charge is -2.20. The van der Waals surface area contributed by atoms with E-state index in [9.17, 15) is 14.4 Å². The van der Waals surface area contributed by atoms with Gasteiger partial charge in [-0.25, -0.2) is 4.79 Å². The first kappa shape index (κ1) is 31.5. The summed E-state index contributed by atoms with van der Waals surface area (Å²) in [7, 11) is 0. The number of hydrogen-bond donors (Lipinski definition) is 4. The molecule has 232 valence electrons. The zero-order valence-corrected chi connectivity index (χ0v) is 25.3. The highest BCUT2D eigenvalue weighted by Crippen LogP contribution is 2.25. The molecule has 5 rings (SSSR count). The molecule has 0 saturated carbocycles. The second kappa shape index (κ2) is 15.7. The molecular formula is C38H36N4O4. The first-order chi connectivity index (χ1) is 22.5. The fourth-order valence-corrected chi connectivity index (χ4v) is 5.13. The first-order valence-corrected chi connectivity index (χ1v) is 15.1. The summed E-state index contributed by atoms with van der Waals surface area (Å²) in [6, 6.07) is 42.4. The molecule has 0 saturated heterocycles. The van der Waals surface area contributed by atoms with Crippen molar-refractivity contribution >= 4 is 29.3 Å². The van der Waals surface area contributed by atoms with E-state index in [1.54, 1.807) is 12.1 Å². The third-order valence-electron chi connectivity index (χ3n) is 7.54. The van der Waals surface area contributed by atoms with Crippen molar-refractivity contribution in [3.05, 3.63) is 167 Å². The van der Waals surface area contributed by atoms with Crippen molar-refractivity contribution in [2.24, 2.45) is 0 Å². The van der Waals surface area contributed by atoms with E-state index in [4.69, 9.17) is 10.5 Å². The molecule has 0 radical (unpaired) electrons. The van der Waals surface area contributed by atoms with Gasteiger partial charge < -0.3 is 26.4 Å². The van der Waals surface area contributed by atoms with Gasteiger partial charge in [0.1, 0.15) is 12.6 Å². The number of nitrogens with one attached hydrogen (secondary N) is 3. The minimum atomic E-state index is -0.928. The number of amides is 3. The maximum atomic E-state index is 13.4. The molecule has 5 N–H and O–H groups in total. The van der Waals surface area contributed by atoms with E-state index < -0.39 is 18.0 Å². The Balaban J connectivity index is 1.24. The van der Waals surface area contributed by atoms with Crippen LogP contribution in [0.2, 0.25) is 0 Å². The highest BCUT2D eigenvalue weighted by molar-refractivity contribution is 6.01. The number of hydrogen-bond acceptors (Lipinski definition) is 5. The third-order valence-corrected chi connectivity index (χ3v) is 7.54. The van der Waals surface area contributed by atoms with Crippen LogP contribution in [0.3, 0.4) is 0 Å². The molecule has 0 aliphatic carbocycles. The van der Waals surface area contributed by atoms with Crippen molar-refractivity contribution in [3.63, 3.8) is 0 Å². The van der Waals surface area contributed by atoms with E-state index in [1.807, 2.05) is 121 Å². The lowest BCUT2D eigenvalue weighted by Crippen LogP contribution is -2.45. The third kappa shape index (κ3) is 8.83. The molecule has 0 fully saturated rings. The summed E-state index contributed by atoms with van der Waals surface area (Å²) in [5, 5.41) is 8.53. The van der Waals surface area contributed by atoms with Crippen LogP contribution in [0.4, 0.5) is 16.2 Å². The molecule has 46 heavy (non-hydrogen) atoms. The summed E-state index contributed by atoms with van der Waals surface area (Å²) in [5.74, 6) is -0.817. The Morgan fingerprint density at radius 3 is 1.78 bits per heavy atom. The summed E-state index contributed by atoms with van der Waals surface area (Å²) in [6.07, 6.45) is -0.469. The van der Waals surface area contributed by atoms with Gasteiger partial charge in [0.2, 0.25) is 5.91 Å². The summed E-state index contributed by atoms with van der Waals surface area (Å²) in [5.41, 5.74) is 11.1. The lowest BCUT2D eigenvalue weighted by atomic mass is 9.91. The van der Waals surface area contributed by atoms with Crippen LogP contribution in [0.5, 0.6) is 0 Å². The van der Waals surface area contributed by atoms with Gasteiger partial charge in [0.05, 0.1) is 5.56 Å². The van der Waals surface area contributed by atoms with Gasteiger partial charge in [0.25, 0.3) is 5.91 Å². The van der Waals surface area contributed by atoms with Crippen molar-refractivity contribution in [1.29, 1.82) is 0 Å². The normalized spacial score (nSPS) is 11.3. The Bertz CT molecular complexity index is 1690. The quantitative estimate of drug-likeness (QED) is 0.123.